The Hall–Kier alpha value is -1.61. The van der Waals surface area contributed by atoms with Gasteiger partial charge < -0.3 is 4.90 Å². The Bertz CT molecular complexity index is 471. The summed E-state index contributed by atoms with van der Waals surface area (Å²) in [5.41, 5.74) is 1.24. The molecule has 1 amide bonds. The average Bonchev–Trinajstić information content (AvgIpc) is 2.57. The van der Waals surface area contributed by atoms with E-state index < -0.39 is 0 Å². The third kappa shape index (κ3) is 4.70. The Morgan fingerprint density at radius 1 is 1.09 bits per heavy atom. The zero-order valence-electron chi connectivity index (χ0n) is 13.9. The molecule has 3 nitrogen and oxygen atoms in total. The van der Waals surface area contributed by atoms with Crippen LogP contribution in [0.15, 0.2) is 36.4 Å². The summed E-state index contributed by atoms with van der Waals surface area (Å²) in [6.45, 7) is 8.87. The van der Waals surface area contributed by atoms with Gasteiger partial charge >= 0.3 is 0 Å². The molecule has 0 N–H and O–H groups in total. The van der Waals surface area contributed by atoms with Crippen molar-refractivity contribution in [2.75, 3.05) is 32.7 Å². The molecule has 1 heterocycles. The lowest BCUT2D eigenvalue weighted by atomic mass is 10.0. The Morgan fingerprint density at radius 2 is 1.73 bits per heavy atom. The van der Waals surface area contributed by atoms with Gasteiger partial charge in [0.2, 0.25) is 5.91 Å². The summed E-state index contributed by atoms with van der Waals surface area (Å²) in [5.74, 6) is 0.564. The van der Waals surface area contributed by atoms with Crippen LogP contribution in [-0.4, -0.2) is 48.4 Å². The minimum atomic E-state index is 0.213. The van der Waals surface area contributed by atoms with E-state index in [1.807, 2.05) is 6.07 Å². The predicted octanol–water partition coefficient (Wildman–Crippen LogP) is 3.28. The van der Waals surface area contributed by atoms with Gasteiger partial charge in [0.05, 0.1) is 0 Å². The second-order valence-electron chi connectivity index (χ2n) is 5.95. The molecule has 3 heteroatoms. The normalized spacial score (nSPS) is 16.6. The van der Waals surface area contributed by atoms with Gasteiger partial charge in [0.1, 0.15) is 0 Å². The molecule has 120 valence electrons. The molecule has 0 unspecified atom stereocenters. The molecule has 0 atom stereocenters. The molecule has 1 aromatic rings. The van der Waals surface area contributed by atoms with Gasteiger partial charge in [-0.05, 0) is 18.4 Å². The van der Waals surface area contributed by atoms with Crippen LogP contribution in [0.1, 0.15) is 32.3 Å². The van der Waals surface area contributed by atoms with Gasteiger partial charge in [0, 0.05) is 38.6 Å². The van der Waals surface area contributed by atoms with Crippen LogP contribution in [0.5, 0.6) is 0 Å². The van der Waals surface area contributed by atoms with Crippen molar-refractivity contribution in [3.8, 4) is 0 Å². The van der Waals surface area contributed by atoms with Crippen LogP contribution in [0, 0.1) is 5.92 Å². The first-order valence-electron chi connectivity index (χ1n) is 8.47. The van der Waals surface area contributed by atoms with Crippen molar-refractivity contribution in [3.63, 3.8) is 0 Å². The number of nitrogens with zero attached hydrogens (tertiary/aromatic N) is 2. The SMILES string of the molecule is CCC(CC)C(=O)N1CCN(CC=Cc2ccccc2)CC1. The van der Waals surface area contributed by atoms with E-state index in [9.17, 15) is 4.79 Å². The zero-order chi connectivity index (χ0) is 15.8. The second kappa shape index (κ2) is 8.74. The lowest BCUT2D eigenvalue weighted by Gasteiger charge is -2.35. The summed E-state index contributed by atoms with van der Waals surface area (Å²) in [7, 11) is 0. The van der Waals surface area contributed by atoms with E-state index in [0.29, 0.717) is 5.91 Å². The standard InChI is InChI=1S/C19H28N2O/c1-3-18(4-2)19(22)21-15-13-20(14-16-21)12-8-11-17-9-6-5-7-10-17/h5-11,18H,3-4,12-16H2,1-2H3. The van der Waals surface area contributed by atoms with Crippen LogP contribution in [0.4, 0.5) is 0 Å². The second-order valence-corrected chi connectivity index (χ2v) is 5.95. The van der Waals surface area contributed by atoms with E-state index in [1.54, 1.807) is 0 Å². The van der Waals surface area contributed by atoms with E-state index in [2.05, 4.69) is 60.1 Å². The number of hydrogen-bond acceptors (Lipinski definition) is 2. The molecule has 1 saturated heterocycles. The maximum Gasteiger partial charge on any atom is 0.225 e. The molecule has 2 rings (SSSR count). The molecular weight excluding hydrogens is 272 g/mol. The Labute approximate surface area is 134 Å². The van der Waals surface area contributed by atoms with Crippen LogP contribution in [-0.2, 0) is 4.79 Å². The molecule has 0 bridgehead atoms. The number of amides is 1. The van der Waals surface area contributed by atoms with Gasteiger partial charge in [0.25, 0.3) is 0 Å². The summed E-state index contributed by atoms with van der Waals surface area (Å²) in [6, 6.07) is 10.4. The topological polar surface area (TPSA) is 23.6 Å². The Balaban J connectivity index is 1.75. The fourth-order valence-corrected chi connectivity index (χ4v) is 2.95. The quantitative estimate of drug-likeness (QED) is 0.805. The van der Waals surface area contributed by atoms with Crippen LogP contribution in [0.25, 0.3) is 6.08 Å². The van der Waals surface area contributed by atoms with E-state index in [-0.39, 0.29) is 5.92 Å². The van der Waals surface area contributed by atoms with Gasteiger partial charge in [-0.25, -0.2) is 0 Å². The van der Waals surface area contributed by atoms with E-state index >= 15 is 0 Å². The van der Waals surface area contributed by atoms with Crippen molar-refractivity contribution in [2.45, 2.75) is 26.7 Å². The van der Waals surface area contributed by atoms with E-state index in [4.69, 9.17) is 0 Å². The maximum atomic E-state index is 12.4. The van der Waals surface area contributed by atoms with Crippen molar-refractivity contribution in [1.82, 2.24) is 9.80 Å². The minimum absolute atomic E-state index is 0.213. The highest BCUT2D eigenvalue weighted by Gasteiger charge is 2.24. The highest BCUT2D eigenvalue weighted by Crippen LogP contribution is 2.14. The molecule has 0 aliphatic carbocycles. The molecule has 1 aromatic carbocycles. The lowest BCUT2D eigenvalue weighted by Crippen LogP contribution is -2.50. The van der Waals surface area contributed by atoms with Crippen molar-refractivity contribution in [2.24, 2.45) is 5.92 Å². The third-order valence-corrected chi connectivity index (χ3v) is 4.49. The first-order chi connectivity index (χ1) is 10.7. The number of hydrogen-bond donors (Lipinski definition) is 0. The van der Waals surface area contributed by atoms with E-state index in [1.165, 1.54) is 5.56 Å². The molecule has 0 saturated carbocycles. The number of rotatable bonds is 6. The molecule has 1 fully saturated rings. The molecular formula is C19H28N2O. The van der Waals surface area contributed by atoms with Crippen molar-refractivity contribution >= 4 is 12.0 Å². The molecule has 0 radical (unpaired) electrons. The number of carbonyl (C=O) groups is 1. The largest absolute Gasteiger partial charge is 0.340 e. The van der Waals surface area contributed by atoms with Crippen LogP contribution >= 0.6 is 0 Å². The Morgan fingerprint density at radius 3 is 2.32 bits per heavy atom. The Kier molecular flexibility index (Phi) is 6.66. The fraction of sp³-hybridized carbons (Fsp3) is 0.526. The number of piperazine rings is 1. The van der Waals surface area contributed by atoms with Crippen LogP contribution < -0.4 is 0 Å². The van der Waals surface area contributed by atoms with Crippen LogP contribution in [0.3, 0.4) is 0 Å². The summed E-state index contributed by atoms with van der Waals surface area (Å²) in [5, 5.41) is 0. The van der Waals surface area contributed by atoms with Gasteiger partial charge in [-0.15, -0.1) is 0 Å². The monoisotopic (exact) mass is 300 g/mol. The smallest absolute Gasteiger partial charge is 0.225 e. The van der Waals surface area contributed by atoms with Gasteiger partial charge in [0.15, 0.2) is 0 Å². The third-order valence-electron chi connectivity index (χ3n) is 4.49. The maximum absolute atomic E-state index is 12.4. The van der Waals surface area contributed by atoms with Crippen molar-refractivity contribution in [1.29, 1.82) is 0 Å². The highest BCUT2D eigenvalue weighted by molar-refractivity contribution is 5.78. The van der Waals surface area contributed by atoms with Crippen molar-refractivity contribution < 1.29 is 4.79 Å². The summed E-state index contributed by atoms with van der Waals surface area (Å²) >= 11 is 0. The molecule has 0 aromatic heterocycles. The molecule has 22 heavy (non-hydrogen) atoms. The average molecular weight is 300 g/mol. The van der Waals surface area contributed by atoms with Gasteiger partial charge in [-0.2, -0.15) is 0 Å². The molecule has 1 aliphatic heterocycles. The van der Waals surface area contributed by atoms with Crippen molar-refractivity contribution in [3.05, 3.63) is 42.0 Å². The first kappa shape index (κ1) is 16.8. The number of carbonyl (C=O) groups excluding carboxylic acids is 1. The highest BCUT2D eigenvalue weighted by atomic mass is 16.2. The zero-order valence-corrected chi connectivity index (χ0v) is 13.9. The summed E-state index contributed by atoms with van der Waals surface area (Å²) in [4.78, 5) is 16.8. The van der Waals surface area contributed by atoms with Crippen LogP contribution in [0.2, 0.25) is 0 Å². The molecule has 0 spiro atoms. The number of benzene rings is 1. The minimum Gasteiger partial charge on any atom is -0.340 e. The first-order valence-corrected chi connectivity index (χ1v) is 8.47. The van der Waals surface area contributed by atoms with E-state index in [0.717, 1.165) is 45.6 Å². The lowest BCUT2D eigenvalue weighted by molar-refractivity contribution is -0.137. The molecule has 1 aliphatic rings. The predicted molar refractivity (Wildman–Crippen MR) is 92.6 cm³/mol. The summed E-state index contributed by atoms with van der Waals surface area (Å²) in [6.07, 6.45) is 6.29. The fourth-order valence-electron chi connectivity index (χ4n) is 2.95. The van der Waals surface area contributed by atoms with Gasteiger partial charge in [-0.1, -0.05) is 56.3 Å². The summed E-state index contributed by atoms with van der Waals surface area (Å²) < 4.78 is 0. The van der Waals surface area contributed by atoms with Gasteiger partial charge in [-0.3, -0.25) is 9.69 Å².